The molecule has 2 unspecified atom stereocenters. The van der Waals surface area contributed by atoms with Crippen molar-refractivity contribution in [3.8, 4) is 0 Å². The first-order valence-electron chi connectivity index (χ1n) is 6.01. The van der Waals surface area contributed by atoms with Crippen LogP contribution < -0.4 is 5.32 Å². The lowest BCUT2D eigenvalue weighted by Crippen LogP contribution is -2.13. The fraction of sp³-hybridized carbons (Fsp3) is 0.462. The molecule has 1 saturated carbocycles. The van der Waals surface area contributed by atoms with E-state index in [9.17, 15) is 9.90 Å². The summed E-state index contributed by atoms with van der Waals surface area (Å²) in [7, 11) is 0. The lowest BCUT2D eigenvalue weighted by molar-refractivity contribution is 0.0697. The lowest BCUT2D eigenvalue weighted by Gasteiger charge is -2.13. The number of aromatic carboxylic acids is 1. The van der Waals surface area contributed by atoms with Crippen molar-refractivity contribution < 1.29 is 15.0 Å². The molecule has 2 atom stereocenters. The Kier molecular flexibility index (Phi) is 4.09. The maximum Gasteiger partial charge on any atom is 0.335 e. The molecule has 1 aromatic carbocycles. The fourth-order valence-electron chi connectivity index (χ4n) is 2.28. The Morgan fingerprint density at radius 3 is 2.78 bits per heavy atom. The Balaban J connectivity index is 1.95. The molecule has 0 radical (unpaired) electrons. The Labute approximate surface area is 111 Å². The molecule has 0 heterocycles. The zero-order chi connectivity index (χ0) is 13.1. The van der Waals surface area contributed by atoms with E-state index in [-0.39, 0.29) is 11.7 Å². The summed E-state index contributed by atoms with van der Waals surface area (Å²) < 4.78 is 0. The largest absolute Gasteiger partial charge is 0.478 e. The molecule has 1 aliphatic rings. The zero-order valence-corrected chi connectivity index (χ0v) is 10.7. The number of nitrogens with one attached hydrogen (secondary N) is 1. The third-order valence-electron chi connectivity index (χ3n) is 3.31. The number of carboxylic acids is 1. The highest BCUT2D eigenvalue weighted by Crippen LogP contribution is 2.28. The van der Waals surface area contributed by atoms with E-state index < -0.39 is 5.97 Å². The molecule has 0 aromatic heterocycles. The van der Waals surface area contributed by atoms with Crippen LogP contribution in [0.2, 0.25) is 5.02 Å². The second-order valence-corrected chi connectivity index (χ2v) is 5.12. The van der Waals surface area contributed by atoms with E-state index in [0.29, 0.717) is 10.9 Å². The van der Waals surface area contributed by atoms with Crippen molar-refractivity contribution in [3.63, 3.8) is 0 Å². The summed E-state index contributed by atoms with van der Waals surface area (Å²) in [4.78, 5) is 10.8. The average molecular weight is 270 g/mol. The summed E-state index contributed by atoms with van der Waals surface area (Å²) >= 11 is 6.01. The first-order chi connectivity index (χ1) is 8.56. The van der Waals surface area contributed by atoms with Crippen molar-refractivity contribution in [2.24, 2.45) is 5.92 Å². The maximum absolute atomic E-state index is 10.8. The summed E-state index contributed by atoms with van der Waals surface area (Å²) in [5.74, 6) is -0.530. The molecule has 0 amide bonds. The second kappa shape index (κ2) is 5.59. The number of benzene rings is 1. The highest BCUT2D eigenvalue weighted by atomic mass is 35.5. The van der Waals surface area contributed by atoms with Crippen molar-refractivity contribution in [1.29, 1.82) is 0 Å². The van der Waals surface area contributed by atoms with Gasteiger partial charge < -0.3 is 15.5 Å². The van der Waals surface area contributed by atoms with Crippen molar-refractivity contribution in [1.82, 2.24) is 0 Å². The summed E-state index contributed by atoms with van der Waals surface area (Å²) in [6, 6.07) is 4.65. The molecule has 1 aliphatic carbocycles. The summed E-state index contributed by atoms with van der Waals surface area (Å²) in [5, 5.41) is 21.9. The normalized spacial score (nSPS) is 23.0. The van der Waals surface area contributed by atoms with Gasteiger partial charge in [-0.05, 0) is 43.4 Å². The molecule has 3 N–H and O–H groups in total. The van der Waals surface area contributed by atoms with E-state index in [1.54, 1.807) is 6.07 Å². The van der Waals surface area contributed by atoms with Crippen LogP contribution in [-0.2, 0) is 0 Å². The first kappa shape index (κ1) is 13.2. The van der Waals surface area contributed by atoms with Crippen molar-refractivity contribution in [3.05, 3.63) is 28.8 Å². The monoisotopic (exact) mass is 269 g/mol. The van der Waals surface area contributed by atoms with Crippen molar-refractivity contribution in [2.75, 3.05) is 11.9 Å². The van der Waals surface area contributed by atoms with Gasteiger partial charge >= 0.3 is 5.97 Å². The molecule has 0 spiro atoms. The van der Waals surface area contributed by atoms with Crippen LogP contribution in [0.3, 0.4) is 0 Å². The Morgan fingerprint density at radius 1 is 1.44 bits per heavy atom. The van der Waals surface area contributed by atoms with Gasteiger partial charge in [-0.1, -0.05) is 11.6 Å². The summed E-state index contributed by atoms with van der Waals surface area (Å²) in [6.45, 7) is 0.753. The number of rotatable bonds is 4. The molecular weight excluding hydrogens is 254 g/mol. The predicted octanol–water partition coefficient (Wildman–Crippen LogP) is 2.61. The van der Waals surface area contributed by atoms with Gasteiger partial charge in [-0.25, -0.2) is 4.79 Å². The van der Waals surface area contributed by atoms with Gasteiger partial charge in [0.15, 0.2) is 0 Å². The molecule has 18 heavy (non-hydrogen) atoms. The Morgan fingerprint density at radius 2 is 2.22 bits per heavy atom. The summed E-state index contributed by atoms with van der Waals surface area (Å²) in [6.07, 6.45) is 2.51. The quantitative estimate of drug-likeness (QED) is 0.786. The number of carbonyl (C=O) groups is 1. The van der Waals surface area contributed by atoms with E-state index in [0.717, 1.165) is 31.5 Å². The molecule has 1 aromatic rings. The molecule has 98 valence electrons. The van der Waals surface area contributed by atoms with Crippen LogP contribution >= 0.6 is 11.6 Å². The smallest absolute Gasteiger partial charge is 0.335 e. The molecule has 0 bridgehead atoms. The van der Waals surface area contributed by atoms with Crippen LogP contribution in [0.4, 0.5) is 5.69 Å². The zero-order valence-electron chi connectivity index (χ0n) is 9.90. The van der Waals surface area contributed by atoms with Crippen LogP contribution in [0.1, 0.15) is 29.6 Å². The average Bonchev–Trinajstić information content (AvgIpc) is 2.73. The van der Waals surface area contributed by atoms with Gasteiger partial charge in [-0.3, -0.25) is 0 Å². The van der Waals surface area contributed by atoms with Gasteiger partial charge in [0.05, 0.1) is 22.4 Å². The van der Waals surface area contributed by atoms with E-state index >= 15 is 0 Å². The minimum atomic E-state index is -0.984. The van der Waals surface area contributed by atoms with Gasteiger partial charge in [0, 0.05) is 6.54 Å². The number of aliphatic hydroxyl groups is 1. The van der Waals surface area contributed by atoms with Crippen LogP contribution in [0.5, 0.6) is 0 Å². The maximum atomic E-state index is 10.8. The van der Waals surface area contributed by atoms with E-state index in [1.807, 2.05) is 0 Å². The van der Waals surface area contributed by atoms with Crippen LogP contribution in [0.15, 0.2) is 18.2 Å². The van der Waals surface area contributed by atoms with Gasteiger partial charge in [-0.15, -0.1) is 0 Å². The van der Waals surface area contributed by atoms with E-state index in [2.05, 4.69) is 5.32 Å². The molecule has 4 nitrogen and oxygen atoms in total. The minimum Gasteiger partial charge on any atom is -0.478 e. The highest BCUT2D eigenvalue weighted by Gasteiger charge is 2.22. The highest BCUT2D eigenvalue weighted by molar-refractivity contribution is 6.33. The molecule has 1 fully saturated rings. The predicted molar refractivity (Wildman–Crippen MR) is 70.2 cm³/mol. The van der Waals surface area contributed by atoms with Gasteiger partial charge in [0.25, 0.3) is 0 Å². The third-order valence-corrected chi connectivity index (χ3v) is 3.62. The number of hydrogen-bond acceptors (Lipinski definition) is 3. The van der Waals surface area contributed by atoms with Crippen LogP contribution in [-0.4, -0.2) is 28.8 Å². The van der Waals surface area contributed by atoms with Crippen LogP contribution in [0, 0.1) is 5.92 Å². The Bertz CT molecular complexity index is 450. The fourth-order valence-corrected chi connectivity index (χ4v) is 2.53. The van der Waals surface area contributed by atoms with Gasteiger partial charge in [0.2, 0.25) is 0 Å². The molecular formula is C13H16ClNO3. The number of hydrogen-bond donors (Lipinski definition) is 3. The minimum absolute atomic E-state index is 0.179. The van der Waals surface area contributed by atoms with Gasteiger partial charge in [-0.2, -0.15) is 0 Å². The van der Waals surface area contributed by atoms with E-state index in [1.165, 1.54) is 12.1 Å². The van der Waals surface area contributed by atoms with E-state index in [4.69, 9.17) is 16.7 Å². The van der Waals surface area contributed by atoms with Crippen LogP contribution in [0.25, 0.3) is 0 Å². The number of anilines is 1. The summed E-state index contributed by atoms with van der Waals surface area (Å²) in [5.41, 5.74) is 0.921. The lowest BCUT2D eigenvalue weighted by atomic mass is 10.1. The molecule has 0 saturated heterocycles. The second-order valence-electron chi connectivity index (χ2n) is 4.71. The topological polar surface area (TPSA) is 69.6 Å². The number of aliphatic hydroxyl groups excluding tert-OH is 1. The molecule has 5 heteroatoms. The SMILES string of the molecule is O=C(O)c1ccc(NCC2CCC(O)C2)c(Cl)c1. The Hall–Kier alpha value is -1.26. The third kappa shape index (κ3) is 3.15. The van der Waals surface area contributed by atoms with Gasteiger partial charge in [0.1, 0.15) is 0 Å². The number of carboxylic acid groups (broad SMARTS) is 1. The standard InChI is InChI=1S/C13H16ClNO3/c14-11-6-9(13(17)18)2-4-12(11)15-7-8-1-3-10(16)5-8/h2,4,6,8,10,15-16H,1,3,5,7H2,(H,17,18). The number of halogens is 1. The molecule has 0 aliphatic heterocycles. The van der Waals surface area contributed by atoms with Crippen molar-refractivity contribution >= 4 is 23.3 Å². The molecule has 2 rings (SSSR count). The first-order valence-corrected chi connectivity index (χ1v) is 6.39. The van der Waals surface area contributed by atoms with Crippen molar-refractivity contribution in [2.45, 2.75) is 25.4 Å².